The van der Waals surface area contributed by atoms with Crippen LogP contribution in [0.5, 0.6) is 0 Å². The minimum absolute atomic E-state index is 0.0412. The van der Waals surface area contributed by atoms with E-state index in [2.05, 4.69) is 32.0 Å². The maximum atomic E-state index is 12.9. The van der Waals surface area contributed by atoms with Crippen molar-refractivity contribution in [1.82, 2.24) is 24.4 Å². The summed E-state index contributed by atoms with van der Waals surface area (Å²) in [6.07, 6.45) is 0.117. The van der Waals surface area contributed by atoms with E-state index in [4.69, 9.17) is 0 Å². The lowest BCUT2D eigenvalue weighted by atomic mass is 10.3. The smallest absolute Gasteiger partial charge is 0.279 e. The monoisotopic (exact) mass is 342 g/mol. The second-order valence-electron chi connectivity index (χ2n) is 6.10. The molecule has 2 aromatic rings. The summed E-state index contributed by atoms with van der Waals surface area (Å²) in [7, 11) is 1.64. The number of carbonyl (C=O) groups excluding carboxylic acids is 1. The molecule has 0 bridgehead atoms. The Morgan fingerprint density at radius 1 is 1.28 bits per heavy atom. The van der Waals surface area contributed by atoms with Gasteiger partial charge in [-0.15, -0.1) is 5.92 Å². The van der Waals surface area contributed by atoms with E-state index < -0.39 is 0 Å². The molecule has 0 aliphatic carbocycles. The van der Waals surface area contributed by atoms with E-state index in [9.17, 15) is 9.59 Å². The molecule has 0 aromatic carbocycles. The Balaban J connectivity index is 2.21. The zero-order valence-electron chi connectivity index (χ0n) is 14.8. The number of piperazine rings is 1. The number of anilines is 1. The van der Waals surface area contributed by atoms with E-state index in [-0.39, 0.29) is 17.8 Å². The molecule has 8 nitrogen and oxygen atoms in total. The molecule has 25 heavy (non-hydrogen) atoms. The molecule has 1 saturated heterocycles. The van der Waals surface area contributed by atoms with Crippen LogP contribution in [-0.2, 0) is 24.8 Å². The van der Waals surface area contributed by atoms with Crippen LogP contribution in [0.3, 0.4) is 0 Å². The third kappa shape index (κ3) is 3.28. The third-order valence-corrected chi connectivity index (χ3v) is 4.28. The minimum Gasteiger partial charge on any atom is -0.340 e. The summed E-state index contributed by atoms with van der Waals surface area (Å²) in [6, 6.07) is 0. The molecule has 132 valence electrons. The van der Waals surface area contributed by atoms with Crippen LogP contribution < -0.4 is 15.8 Å². The Bertz CT molecular complexity index is 924. The summed E-state index contributed by atoms with van der Waals surface area (Å²) in [5.74, 6) is 6.99. The van der Waals surface area contributed by atoms with Crippen molar-refractivity contribution in [3.8, 4) is 11.8 Å². The summed E-state index contributed by atoms with van der Waals surface area (Å²) in [4.78, 5) is 35.6. The van der Waals surface area contributed by atoms with Gasteiger partial charge in [-0.25, -0.2) is 4.98 Å². The van der Waals surface area contributed by atoms with Gasteiger partial charge < -0.3 is 10.2 Å². The highest BCUT2D eigenvalue weighted by atomic mass is 16.1. The molecule has 0 saturated carbocycles. The molecule has 1 fully saturated rings. The lowest BCUT2D eigenvalue weighted by Crippen LogP contribution is -2.44. The lowest BCUT2D eigenvalue weighted by molar-refractivity contribution is -0.116. The average molecular weight is 342 g/mol. The summed E-state index contributed by atoms with van der Waals surface area (Å²) in [5, 5.41) is 3.31. The van der Waals surface area contributed by atoms with Gasteiger partial charge in [0.25, 0.3) is 5.56 Å². The van der Waals surface area contributed by atoms with Crippen molar-refractivity contribution in [3.63, 3.8) is 0 Å². The van der Waals surface area contributed by atoms with Gasteiger partial charge in [-0.05, 0) is 13.8 Å². The van der Waals surface area contributed by atoms with Crippen molar-refractivity contribution in [1.29, 1.82) is 0 Å². The van der Waals surface area contributed by atoms with Gasteiger partial charge in [0, 0.05) is 33.2 Å². The average Bonchev–Trinajstić information content (AvgIpc) is 2.96. The molecular weight excluding hydrogens is 320 g/mol. The molecular formula is C17H22N6O2. The molecule has 0 unspecified atom stereocenters. The van der Waals surface area contributed by atoms with Crippen LogP contribution in [0.1, 0.15) is 19.7 Å². The molecule has 0 radical (unpaired) electrons. The number of hydrogen-bond acceptors (Lipinski definition) is 6. The second-order valence-corrected chi connectivity index (χ2v) is 6.10. The highest BCUT2D eigenvalue weighted by Gasteiger charge is 2.23. The van der Waals surface area contributed by atoms with Crippen LogP contribution in [-0.4, -0.2) is 51.1 Å². The Kier molecular flexibility index (Phi) is 4.86. The maximum absolute atomic E-state index is 12.9. The standard InChI is InChI=1S/C17H22N6O2/c1-4-5-8-23-14-15(20-17(23)22-9-6-18-7-10-22)19-13(11-12(2)24)21(3)16(14)25/h18H,6-11H2,1-3H3. The fourth-order valence-electron chi connectivity index (χ4n) is 2.99. The molecule has 3 rings (SSSR count). The molecule has 8 heteroatoms. The third-order valence-electron chi connectivity index (χ3n) is 4.28. The number of ketones is 1. The maximum Gasteiger partial charge on any atom is 0.279 e. The number of hydrogen-bond donors (Lipinski definition) is 1. The van der Waals surface area contributed by atoms with Crippen LogP contribution >= 0.6 is 0 Å². The molecule has 2 aromatic heterocycles. The van der Waals surface area contributed by atoms with Gasteiger partial charge in [-0.3, -0.25) is 18.7 Å². The summed E-state index contributed by atoms with van der Waals surface area (Å²) in [5.41, 5.74) is 0.616. The molecule has 0 spiro atoms. The first-order valence-electron chi connectivity index (χ1n) is 8.33. The number of aromatic nitrogens is 4. The molecule has 0 atom stereocenters. The number of nitrogens with zero attached hydrogens (tertiary/aromatic N) is 5. The van der Waals surface area contributed by atoms with Gasteiger partial charge in [0.05, 0.1) is 13.0 Å². The number of carbonyl (C=O) groups is 1. The van der Waals surface area contributed by atoms with Crippen molar-refractivity contribution in [2.45, 2.75) is 26.8 Å². The molecule has 1 aliphatic heterocycles. The lowest BCUT2D eigenvalue weighted by Gasteiger charge is -2.28. The van der Waals surface area contributed by atoms with Crippen LogP contribution in [0.15, 0.2) is 4.79 Å². The Morgan fingerprint density at radius 3 is 2.64 bits per heavy atom. The first kappa shape index (κ1) is 17.2. The Hall–Kier alpha value is -2.66. The highest BCUT2D eigenvalue weighted by molar-refractivity contribution is 5.79. The number of rotatable bonds is 4. The van der Waals surface area contributed by atoms with E-state index in [0.29, 0.717) is 29.5 Å². The van der Waals surface area contributed by atoms with Gasteiger partial charge in [-0.1, -0.05) is 5.92 Å². The normalized spacial score (nSPS) is 14.4. The van der Waals surface area contributed by atoms with Crippen LogP contribution in [0.4, 0.5) is 5.95 Å². The number of nitrogens with one attached hydrogen (secondary N) is 1. The fourth-order valence-corrected chi connectivity index (χ4v) is 2.99. The molecule has 1 aliphatic rings. The zero-order valence-corrected chi connectivity index (χ0v) is 14.8. The van der Waals surface area contributed by atoms with Crippen molar-refractivity contribution in [2.24, 2.45) is 7.05 Å². The van der Waals surface area contributed by atoms with Crippen LogP contribution in [0.2, 0.25) is 0 Å². The second kappa shape index (κ2) is 7.07. The summed E-state index contributed by atoms with van der Waals surface area (Å²) in [6.45, 7) is 6.98. The van der Waals surface area contributed by atoms with E-state index in [1.165, 1.54) is 11.5 Å². The summed E-state index contributed by atoms with van der Waals surface area (Å²) < 4.78 is 3.27. The van der Waals surface area contributed by atoms with Crippen molar-refractivity contribution in [2.75, 3.05) is 31.1 Å². The number of fused-ring (bicyclic) bond motifs is 1. The first-order valence-corrected chi connectivity index (χ1v) is 8.33. The Labute approximate surface area is 145 Å². The first-order chi connectivity index (χ1) is 12.0. The van der Waals surface area contributed by atoms with E-state index >= 15 is 0 Å². The zero-order chi connectivity index (χ0) is 18.0. The van der Waals surface area contributed by atoms with Crippen molar-refractivity contribution < 1.29 is 4.79 Å². The predicted octanol–water partition coefficient (Wildman–Crippen LogP) is -0.306. The summed E-state index contributed by atoms with van der Waals surface area (Å²) >= 11 is 0. The quantitative estimate of drug-likeness (QED) is 0.768. The highest BCUT2D eigenvalue weighted by Crippen LogP contribution is 2.20. The van der Waals surface area contributed by atoms with Crippen molar-refractivity contribution in [3.05, 3.63) is 16.2 Å². The molecule has 1 N–H and O–H groups in total. The largest absolute Gasteiger partial charge is 0.340 e. The minimum atomic E-state index is -0.201. The van der Waals surface area contributed by atoms with E-state index in [1.807, 2.05) is 4.57 Å². The van der Waals surface area contributed by atoms with Gasteiger partial charge in [0.15, 0.2) is 11.2 Å². The number of Topliss-reactive ketones (excluding diaryl/α,β-unsaturated/α-hetero) is 1. The van der Waals surface area contributed by atoms with E-state index in [0.717, 1.165) is 26.2 Å². The van der Waals surface area contributed by atoms with Gasteiger partial charge in [0.1, 0.15) is 11.6 Å². The van der Waals surface area contributed by atoms with Crippen LogP contribution in [0, 0.1) is 11.8 Å². The SMILES string of the molecule is CC#CCn1c(N2CCNCC2)nc2nc(CC(C)=O)n(C)c(=O)c21. The van der Waals surface area contributed by atoms with Gasteiger partial charge in [0.2, 0.25) is 5.95 Å². The molecule has 0 amide bonds. The van der Waals surface area contributed by atoms with Gasteiger partial charge in [-0.2, -0.15) is 4.98 Å². The fraction of sp³-hybridized carbons (Fsp3) is 0.529. The topological polar surface area (TPSA) is 85.1 Å². The molecule has 3 heterocycles. The Morgan fingerprint density at radius 2 is 2.00 bits per heavy atom. The van der Waals surface area contributed by atoms with Crippen LogP contribution in [0.25, 0.3) is 11.2 Å². The predicted molar refractivity (Wildman–Crippen MR) is 95.7 cm³/mol. The van der Waals surface area contributed by atoms with E-state index in [1.54, 1.807) is 14.0 Å². The van der Waals surface area contributed by atoms with Gasteiger partial charge >= 0.3 is 0 Å². The van der Waals surface area contributed by atoms with Crippen molar-refractivity contribution >= 4 is 22.9 Å². The number of imidazole rings is 1.